The molecule has 4 nitrogen and oxygen atoms in total. The molecule has 0 fully saturated rings. The average Bonchev–Trinajstić information content (AvgIpc) is 2.12. The molecule has 0 aliphatic rings. The van der Waals surface area contributed by atoms with Crippen molar-refractivity contribution in [2.24, 2.45) is 5.92 Å². The zero-order chi connectivity index (χ0) is 11.0. The lowest BCUT2D eigenvalue weighted by molar-refractivity contribution is -0.136. The first-order valence-corrected chi connectivity index (χ1v) is 4.39. The molecule has 0 saturated carbocycles. The number of esters is 1. The molecule has 0 spiro atoms. The van der Waals surface area contributed by atoms with Gasteiger partial charge in [-0.15, -0.1) is 0 Å². The number of carbonyl (C=O) groups excluding carboxylic acids is 2. The van der Waals surface area contributed by atoms with Gasteiger partial charge in [0.25, 0.3) is 6.47 Å². The minimum atomic E-state index is -0.604. The van der Waals surface area contributed by atoms with Crippen LogP contribution in [0.5, 0.6) is 0 Å². The number of rotatable bonds is 4. The van der Waals surface area contributed by atoms with Crippen LogP contribution in [-0.4, -0.2) is 25.2 Å². The third-order valence-electron chi connectivity index (χ3n) is 1.40. The second kappa shape index (κ2) is 6.96. The quantitative estimate of drug-likeness (QED) is 0.289. The van der Waals surface area contributed by atoms with E-state index >= 15 is 0 Å². The van der Waals surface area contributed by atoms with E-state index in [1.807, 2.05) is 13.8 Å². The summed E-state index contributed by atoms with van der Waals surface area (Å²) in [6.07, 6.45) is -0.558. The van der Waals surface area contributed by atoms with E-state index in [9.17, 15) is 9.59 Å². The normalized spacial score (nSPS) is 11.1. The molecule has 1 atom stereocenters. The Morgan fingerprint density at radius 3 is 2.57 bits per heavy atom. The topological polar surface area (TPSA) is 52.6 Å². The van der Waals surface area contributed by atoms with Crippen LogP contribution < -0.4 is 0 Å². The predicted octanol–water partition coefficient (Wildman–Crippen LogP) is 0.750. The Morgan fingerprint density at radius 1 is 1.50 bits per heavy atom. The Bertz CT molecular complexity index is 247. The SMILES string of the molecule is CCOC(=O)C#CC(OC=O)C(C)C. The number of hydrogen-bond donors (Lipinski definition) is 0. The molecule has 14 heavy (non-hydrogen) atoms. The van der Waals surface area contributed by atoms with Crippen LogP contribution in [-0.2, 0) is 19.1 Å². The molecule has 0 N–H and O–H groups in total. The fourth-order valence-electron chi connectivity index (χ4n) is 0.715. The number of hydrogen-bond acceptors (Lipinski definition) is 4. The first kappa shape index (κ1) is 12.5. The Kier molecular flexibility index (Phi) is 6.21. The van der Waals surface area contributed by atoms with Gasteiger partial charge in [-0.3, -0.25) is 4.79 Å². The highest BCUT2D eigenvalue weighted by Crippen LogP contribution is 2.03. The standard InChI is InChI=1S/C10H14O4/c1-4-13-10(12)6-5-9(8(2)3)14-7-11/h7-9H,4H2,1-3H3. The van der Waals surface area contributed by atoms with Crippen LogP contribution in [0.25, 0.3) is 0 Å². The van der Waals surface area contributed by atoms with Crippen molar-refractivity contribution in [2.45, 2.75) is 26.9 Å². The highest BCUT2D eigenvalue weighted by Gasteiger charge is 2.10. The van der Waals surface area contributed by atoms with Gasteiger partial charge in [0.15, 0.2) is 6.10 Å². The summed E-state index contributed by atoms with van der Waals surface area (Å²) >= 11 is 0. The van der Waals surface area contributed by atoms with Crippen molar-refractivity contribution >= 4 is 12.4 Å². The minimum Gasteiger partial charge on any atom is -0.456 e. The molecule has 1 unspecified atom stereocenters. The predicted molar refractivity (Wildman–Crippen MR) is 50.2 cm³/mol. The van der Waals surface area contributed by atoms with Crippen molar-refractivity contribution in [1.82, 2.24) is 0 Å². The van der Waals surface area contributed by atoms with Crippen LogP contribution in [0.15, 0.2) is 0 Å². The number of ether oxygens (including phenoxy) is 2. The highest BCUT2D eigenvalue weighted by atomic mass is 16.5. The lowest BCUT2D eigenvalue weighted by atomic mass is 10.1. The Balaban J connectivity index is 4.25. The summed E-state index contributed by atoms with van der Waals surface area (Å²) in [4.78, 5) is 20.9. The van der Waals surface area contributed by atoms with Crippen LogP contribution in [0, 0.1) is 17.8 Å². The zero-order valence-corrected chi connectivity index (χ0v) is 8.57. The summed E-state index contributed by atoms with van der Waals surface area (Å²) in [7, 11) is 0. The molecule has 0 aromatic carbocycles. The van der Waals surface area contributed by atoms with Gasteiger partial charge >= 0.3 is 5.97 Å². The van der Waals surface area contributed by atoms with Crippen molar-refractivity contribution in [3.05, 3.63) is 0 Å². The van der Waals surface area contributed by atoms with Crippen LogP contribution in [0.3, 0.4) is 0 Å². The van der Waals surface area contributed by atoms with Gasteiger partial charge in [-0.05, 0) is 12.8 Å². The van der Waals surface area contributed by atoms with Gasteiger partial charge in [-0.2, -0.15) is 0 Å². The molecule has 0 heterocycles. The van der Waals surface area contributed by atoms with Crippen LogP contribution in [0.1, 0.15) is 20.8 Å². The Labute approximate surface area is 83.6 Å². The van der Waals surface area contributed by atoms with Crippen molar-refractivity contribution in [3.63, 3.8) is 0 Å². The molecule has 0 saturated heterocycles. The Morgan fingerprint density at radius 2 is 2.14 bits per heavy atom. The third-order valence-corrected chi connectivity index (χ3v) is 1.40. The molecule has 0 bridgehead atoms. The monoisotopic (exact) mass is 198 g/mol. The molecular formula is C10H14O4. The third kappa shape index (κ3) is 5.20. The molecule has 0 amide bonds. The van der Waals surface area contributed by atoms with E-state index in [4.69, 9.17) is 0 Å². The van der Waals surface area contributed by atoms with Gasteiger partial charge in [0.1, 0.15) is 0 Å². The summed E-state index contributed by atoms with van der Waals surface area (Å²) in [6, 6.07) is 0. The maximum atomic E-state index is 10.8. The molecule has 78 valence electrons. The van der Waals surface area contributed by atoms with E-state index < -0.39 is 12.1 Å². The maximum absolute atomic E-state index is 10.8. The molecule has 0 rings (SSSR count). The molecule has 0 aliphatic heterocycles. The fourth-order valence-corrected chi connectivity index (χ4v) is 0.715. The molecular weight excluding hydrogens is 184 g/mol. The van der Waals surface area contributed by atoms with Gasteiger partial charge in [-0.1, -0.05) is 13.8 Å². The maximum Gasteiger partial charge on any atom is 0.384 e. The van der Waals surface area contributed by atoms with Gasteiger partial charge in [0.2, 0.25) is 0 Å². The second-order valence-electron chi connectivity index (χ2n) is 2.89. The van der Waals surface area contributed by atoms with Crippen molar-refractivity contribution < 1.29 is 19.1 Å². The average molecular weight is 198 g/mol. The zero-order valence-electron chi connectivity index (χ0n) is 8.57. The molecule has 0 radical (unpaired) electrons. The first-order chi connectivity index (χ1) is 6.61. The van der Waals surface area contributed by atoms with Gasteiger partial charge in [0, 0.05) is 11.8 Å². The lowest BCUT2D eigenvalue weighted by Crippen LogP contribution is -2.17. The summed E-state index contributed by atoms with van der Waals surface area (Å²) in [5.74, 6) is 4.22. The second-order valence-corrected chi connectivity index (χ2v) is 2.89. The Hall–Kier alpha value is -1.50. The smallest absolute Gasteiger partial charge is 0.384 e. The first-order valence-electron chi connectivity index (χ1n) is 4.39. The highest BCUT2D eigenvalue weighted by molar-refractivity contribution is 5.88. The van der Waals surface area contributed by atoms with E-state index in [0.717, 1.165) is 0 Å². The lowest BCUT2D eigenvalue weighted by Gasteiger charge is -2.11. The van der Waals surface area contributed by atoms with Crippen LogP contribution in [0.4, 0.5) is 0 Å². The van der Waals surface area contributed by atoms with E-state index in [2.05, 4.69) is 21.3 Å². The summed E-state index contributed by atoms with van der Waals surface area (Å²) in [6.45, 7) is 5.99. The van der Waals surface area contributed by atoms with E-state index in [-0.39, 0.29) is 12.5 Å². The van der Waals surface area contributed by atoms with Gasteiger partial charge in [0.05, 0.1) is 6.61 Å². The molecule has 0 aromatic heterocycles. The minimum absolute atomic E-state index is 0.0436. The molecule has 0 aromatic rings. The molecule has 0 aliphatic carbocycles. The fraction of sp³-hybridized carbons (Fsp3) is 0.600. The van der Waals surface area contributed by atoms with Crippen LogP contribution >= 0.6 is 0 Å². The van der Waals surface area contributed by atoms with E-state index in [1.165, 1.54) is 0 Å². The molecule has 4 heteroatoms. The largest absolute Gasteiger partial charge is 0.456 e. The van der Waals surface area contributed by atoms with Crippen molar-refractivity contribution in [2.75, 3.05) is 6.61 Å². The van der Waals surface area contributed by atoms with Crippen LogP contribution in [0.2, 0.25) is 0 Å². The van der Waals surface area contributed by atoms with Gasteiger partial charge in [-0.25, -0.2) is 4.79 Å². The summed E-state index contributed by atoms with van der Waals surface area (Å²) in [5, 5.41) is 0. The van der Waals surface area contributed by atoms with Gasteiger partial charge < -0.3 is 9.47 Å². The summed E-state index contributed by atoms with van der Waals surface area (Å²) in [5.41, 5.74) is 0. The van der Waals surface area contributed by atoms with E-state index in [1.54, 1.807) is 6.92 Å². The number of carbonyl (C=O) groups is 2. The van der Waals surface area contributed by atoms with E-state index in [0.29, 0.717) is 6.47 Å². The summed E-state index contributed by atoms with van der Waals surface area (Å²) < 4.78 is 9.26. The van der Waals surface area contributed by atoms with Crippen molar-refractivity contribution in [1.29, 1.82) is 0 Å². The van der Waals surface area contributed by atoms with Crippen molar-refractivity contribution in [3.8, 4) is 11.8 Å².